The molecular weight excluding hydrogens is 240 g/mol. The minimum atomic E-state index is -0.581. The topological polar surface area (TPSA) is 52.6 Å². The summed E-state index contributed by atoms with van der Waals surface area (Å²) >= 11 is 0. The Balaban J connectivity index is 1.73. The van der Waals surface area contributed by atoms with Crippen LogP contribution >= 0.6 is 0 Å². The van der Waals surface area contributed by atoms with E-state index in [1.165, 1.54) is 12.8 Å². The van der Waals surface area contributed by atoms with Crippen LogP contribution in [0.4, 0.5) is 0 Å². The Morgan fingerprint density at radius 2 is 2.21 bits per heavy atom. The van der Waals surface area contributed by atoms with Crippen molar-refractivity contribution in [2.24, 2.45) is 5.92 Å². The fourth-order valence-corrected chi connectivity index (χ4v) is 3.17. The van der Waals surface area contributed by atoms with Gasteiger partial charge >= 0.3 is 0 Å². The molecular formula is C15H28N2O2. The summed E-state index contributed by atoms with van der Waals surface area (Å²) in [5.74, 6) is 0.955. The number of piperidine rings is 1. The molecule has 0 radical (unpaired) electrons. The highest BCUT2D eigenvalue weighted by molar-refractivity contribution is 5.76. The van der Waals surface area contributed by atoms with Gasteiger partial charge in [0, 0.05) is 19.5 Å². The largest absolute Gasteiger partial charge is 0.390 e. The lowest BCUT2D eigenvalue weighted by molar-refractivity contribution is -0.131. The minimum Gasteiger partial charge on any atom is -0.390 e. The molecule has 2 aliphatic rings. The summed E-state index contributed by atoms with van der Waals surface area (Å²) in [7, 11) is 0. The third-order valence-corrected chi connectivity index (χ3v) is 4.58. The third-order valence-electron chi connectivity index (χ3n) is 4.58. The molecule has 2 fully saturated rings. The number of nitrogens with one attached hydrogen (secondary N) is 1. The average Bonchev–Trinajstić information content (AvgIpc) is 2.58. The second-order valence-electron chi connectivity index (χ2n) is 6.48. The van der Waals surface area contributed by atoms with Crippen LogP contribution in [0, 0.1) is 5.92 Å². The lowest BCUT2D eigenvalue weighted by Crippen LogP contribution is -2.35. The van der Waals surface area contributed by atoms with Crippen LogP contribution in [-0.4, -0.2) is 47.7 Å². The van der Waals surface area contributed by atoms with Crippen LogP contribution in [0.1, 0.15) is 51.9 Å². The molecule has 1 amide bonds. The van der Waals surface area contributed by atoms with Crippen LogP contribution in [0.5, 0.6) is 0 Å². The summed E-state index contributed by atoms with van der Waals surface area (Å²) in [6, 6.07) is 0. The SMILES string of the molecule is CC1(O)CCCN(C(=O)CCC2CCCNC2)CC1. The Labute approximate surface area is 116 Å². The van der Waals surface area contributed by atoms with Crippen LogP contribution in [-0.2, 0) is 4.79 Å². The molecule has 2 rings (SSSR count). The lowest BCUT2D eigenvalue weighted by Gasteiger charge is -2.25. The van der Waals surface area contributed by atoms with E-state index in [1.807, 2.05) is 11.8 Å². The molecule has 0 aliphatic carbocycles. The van der Waals surface area contributed by atoms with E-state index in [0.717, 1.165) is 45.4 Å². The van der Waals surface area contributed by atoms with Crippen molar-refractivity contribution >= 4 is 5.91 Å². The number of carbonyl (C=O) groups excluding carboxylic acids is 1. The second-order valence-corrected chi connectivity index (χ2v) is 6.48. The van der Waals surface area contributed by atoms with E-state index < -0.39 is 5.60 Å². The van der Waals surface area contributed by atoms with Gasteiger partial charge in [-0.2, -0.15) is 0 Å². The van der Waals surface area contributed by atoms with Crippen molar-refractivity contribution in [3.05, 3.63) is 0 Å². The van der Waals surface area contributed by atoms with E-state index in [-0.39, 0.29) is 5.91 Å². The number of amides is 1. The van der Waals surface area contributed by atoms with Gasteiger partial charge in [0.2, 0.25) is 5.91 Å². The lowest BCUT2D eigenvalue weighted by atomic mass is 9.94. The van der Waals surface area contributed by atoms with Crippen molar-refractivity contribution in [3.63, 3.8) is 0 Å². The van der Waals surface area contributed by atoms with Gasteiger partial charge in [-0.25, -0.2) is 0 Å². The number of hydrogen-bond acceptors (Lipinski definition) is 3. The van der Waals surface area contributed by atoms with Gasteiger partial charge in [-0.15, -0.1) is 0 Å². The average molecular weight is 268 g/mol. The highest BCUT2D eigenvalue weighted by Gasteiger charge is 2.27. The fraction of sp³-hybridized carbons (Fsp3) is 0.933. The van der Waals surface area contributed by atoms with Crippen LogP contribution in [0.25, 0.3) is 0 Å². The Bertz CT molecular complexity index is 299. The molecule has 2 atom stereocenters. The molecule has 2 aliphatic heterocycles. The smallest absolute Gasteiger partial charge is 0.222 e. The fourth-order valence-electron chi connectivity index (χ4n) is 3.17. The van der Waals surface area contributed by atoms with Crippen LogP contribution in [0.2, 0.25) is 0 Å². The first-order valence-corrected chi connectivity index (χ1v) is 7.78. The molecule has 2 heterocycles. The number of rotatable bonds is 3. The quantitative estimate of drug-likeness (QED) is 0.816. The maximum absolute atomic E-state index is 12.2. The normalized spacial score (nSPS) is 32.9. The Morgan fingerprint density at radius 1 is 1.37 bits per heavy atom. The first-order chi connectivity index (χ1) is 9.07. The Kier molecular flexibility index (Phi) is 5.22. The maximum atomic E-state index is 12.2. The van der Waals surface area contributed by atoms with Crippen molar-refractivity contribution in [3.8, 4) is 0 Å². The molecule has 0 aromatic heterocycles. The third kappa shape index (κ3) is 4.77. The zero-order chi connectivity index (χ0) is 13.7. The minimum absolute atomic E-state index is 0.281. The van der Waals surface area contributed by atoms with Gasteiger partial charge in [0.05, 0.1) is 5.60 Å². The standard InChI is InChI=1S/C15H28N2O2/c1-15(19)7-3-10-17(11-8-15)14(18)6-5-13-4-2-9-16-12-13/h13,16,19H,2-12H2,1H3. The van der Waals surface area contributed by atoms with Gasteiger partial charge in [-0.1, -0.05) is 0 Å². The zero-order valence-electron chi connectivity index (χ0n) is 12.2. The first kappa shape index (κ1) is 14.8. The number of nitrogens with zero attached hydrogens (tertiary/aromatic N) is 1. The van der Waals surface area contributed by atoms with Crippen molar-refractivity contribution in [2.75, 3.05) is 26.2 Å². The molecule has 0 spiro atoms. The second kappa shape index (κ2) is 6.71. The molecule has 0 bridgehead atoms. The number of likely N-dealkylation sites (tertiary alicyclic amines) is 1. The van der Waals surface area contributed by atoms with Gasteiger partial charge in [0.25, 0.3) is 0 Å². The van der Waals surface area contributed by atoms with Crippen LogP contribution in [0.3, 0.4) is 0 Å². The highest BCUT2D eigenvalue weighted by Crippen LogP contribution is 2.23. The first-order valence-electron chi connectivity index (χ1n) is 7.78. The van der Waals surface area contributed by atoms with Gasteiger partial charge in [0.1, 0.15) is 0 Å². The summed E-state index contributed by atoms with van der Waals surface area (Å²) in [6.45, 7) is 5.62. The molecule has 4 heteroatoms. The monoisotopic (exact) mass is 268 g/mol. The van der Waals surface area contributed by atoms with E-state index in [2.05, 4.69) is 5.32 Å². The summed E-state index contributed by atoms with van der Waals surface area (Å²) in [5, 5.41) is 13.4. The van der Waals surface area contributed by atoms with E-state index in [4.69, 9.17) is 0 Å². The Morgan fingerprint density at radius 3 is 2.95 bits per heavy atom. The van der Waals surface area contributed by atoms with Crippen molar-refractivity contribution < 1.29 is 9.90 Å². The molecule has 0 aromatic rings. The summed E-state index contributed by atoms with van der Waals surface area (Å²) in [5.41, 5.74) is -0.581. The predicted molar refractivity (Wildman–Crippen MR) is 75.9 cm³/mol. The van der Waals surface area contributed by atoms with Crippen molar-refractivity contribution in [1.29, 1.82) is 0 Å². The van der Waals surface area contributed by atoms with E-state index in [0.29, 0.717) is 18.8 Å². The van der Waals surface area contributed by atoms with Crippen LogP contribution in [0.15, 0.2) is 0 Å². The predicted octanol–water partition coefficient (Wildman–Crippen LogP) is 1.53. The van der Waals surface area contributed by atoms with E-state index in [1.54, 1.807) is 0 Å². The molecule has 110 valence electrons. The molecule has 2 N–H and O–H groups in total. The van der Waals surface area contributed by atoms with Crippen molar-refractivity contribution in [2.45, 2.75) is 57.5 Å². The van der Waals surface area contributed by atoms with E-state index in [9.17, 15) is 9.90 Å². The zero-order valence-corrected chi connectivity index (χ0v) is 12.2. The summed E-state index contributed by atoms with van der Waals surface area (Å²) < 4.78 is 0. The summed E-state index contributed by atoms with van der Waals surface area (Å²) in [4.78, 5) is 14.2. The molecule has 4 nitrogen and oxygen atoms in total. The van der Waals surface area contributed by atoms with Gasteiger partial charge in [-0.05, 0) is 64.5 Å². The van der Waals surface area contributed by atoms with Gasteiger partial charge < -0.3 is 15.3 Å². The van der Waals surface area contributed by atoms with Gasteiger partial charge in [-0.3, -0.25) is 4.79 Å². The molecule has 2 saturated heterocycles. The van der Waals surface area contributed by atoms with Gasteiger partial charge in [0.15, 0.2) is 0 Å². The number of hydrogen-bond donors (Lipinski definition) is 2. The number of carbonyl (C=O) groups is 1. The highest BCUT2D eigenvalue weighted by atomic mass is 16.3. The van der Waals surface area contributed by atoms with Crippen LogP contribution < -0.4 is 5.32 Å². The van der Waals surface area contributed by atoms with Crippen molar-refractivity contribution in [1.82, 2.24) is 10.2 Å². The maximum Gasteiger partial charge on any atom is 0.222 e. The number of aliphatic hydroxyl groups is 1. The molecule has 0 aromatic carbocycles. The van der Waals surface area contributed by atoms with E-state index >= 15 is 0 Å². The molecule has 19 heavy (non-hydrogen) atoms. The molecule has 0 saturated carbocycles. The Hall–Kier alpha value is -0.610. The summed E-state index contributed by atoms with van der Waals surface area (Å²) in [6.07, 6.45) is 6.63. The molecule has 2 unspecified atom stereocenters.